The molecule has 0 atom stereocenters. The number of ether oxygens (including phenoxy) is 1. The first kappa shape index (κ1) is 19.0. The lowest BCUT2D eigenvalue weighted by Crippen LogP contribution is -2.50. The zero-order valence-corrected chi connectivity index (χ0v) is 15.3. The summed E-state index contributed by atoms with van der Waals surface area (Å²) < 4.78 is 4.99. The first-order valence-electron chi connectivity index (χ1n) is 8.81. The molecule has 1 fully saturated rings. The van der Waals surface area contributed by atoms with Gasteiger partial charge in [-0.15, -0.1) is 0 Å². The standard InChI is InChI=1S/C17H27N5O3/c1-4-6-7-20(3)15-12-14(18-13-19-15)16(23)21-8-10-22(11-9-21)17(24)25-5-2/h12-13H,4-11H2,1-3H3. The summed E-state index contributed by atoms with van der Waals surface area (Å²) in [5.74, 6) is 0.619. The van der Waals surface area contributed by atoms with Crippen molar-refractivity contribution in [3.63, 3.8) is 0 Å². The fraction of sp³-hybridized carbons (Fsp3) is 0.647. The van der Waals surface area contributed by atoms with Gasteiger partial charge in [0.1, 0.15) is 17.8 Å². The van der Waals surface area contributed by atoms with Crippen LogP contribution in [0.1, 0.15) is 37.2 Å². The van der Waals surface area contributed by atoms with Gasteiger partial charge in [-0.3, -0.25) is 4.79 Å². The Bertz CT molecular complexity index is 587. The van der Waals surface area contributed by atoms with Crippen LogP contribution in [0.2, 0.25) is 0 Å². The van der Waals surface area contributed by atoms with E-state index in [1.807, 2.05) is 11.9 Å². The summed E-state index contributed by atoms with van der Waals surface area (Å²) in [5, 5.41) is 0. The Labute approximate surface area is 148 Å². The van der Waals surface area contributed by atoms with Crippen molar-refractivity contribution in [2.75, 3.05) is 51.3 Å². The summed E-state index contributed by atoms with van der Waals surface area (Å²) in [4.78, 5) is 38.1. The molecule has 0 spiro atoms. The quantitative estimate of drug-likeness (QED) is 0.777. The fourth-order valence-corrected chi connectivity index (χ4v) is 2.65. The maximum Gasteiger partial charge on any atom is 0.409 e. The second-order valence-corrected chi connectivity index (χ2v) is 6.01. The number of amides is 2. The molecule has 2 amide bonds. The number of anilines is 1. The molecule has 138 valence electrons. The molecule has 1 aliphatic heterocycles. The number of carbonyl (C=O) groups is 2. The highest BCUT2D eigenvalue weighted by molar-refractivity contribution is 5.93. The maximum atomic E-state index is 12.7. The summed E-state index contributed by atoms with van der Waals surface area (Å²) in [7, 11) is 1.96. The molecular weight excluding hydrogens is 322 g/mol. The normalized spacial score (nSPS) is 14.4. The largest absolute Gasteiger partial charge is 0.450 e. The number of carbonyl (C=O) groups excluding carboxylic acids is 2. The van der Waals surface area contributed by atoms with E-state index in [2.05, 4.69) is 16.9 Å². The Morgan fingerprint density at radius 2 is 1.84 bits per heavy atom. The number of piperazine rings is 1. The van der Waals surface area contributed by atoms with E-state index in [9.17, 15) is 9.59 Å². The van der Waals surface area contributed by atoms with Gasteiger partial charge in [0.15, 0.2) is 0 Å². The van der Waals surface area contributed by atoms with Crippen molar-refractivity contribution < 1.29 is 14.3 Å². The Morgan fingerprint density at radius 1 is 1.16 bits per heavy atom. The lowest BCUT2D eigenvalue weighted by atomic mass is 10.2. The van der Waals surface area contributed by atoms with E-state index in [1.54, 1.807) is 22.8 Å². The van der Waals surface area contributed by atoms with Gasteiger partial charge in [0.25, 0.3) is 5.91 Å². The lowest BCUT2D eigenvalue weighted by Gasteiger charge is -2.33. The fourth-order valence-electron chi connectivity index (χ4n) is 2.65. The SMILES string of the molecule is CCCCN(C)c1cc(C(=O)N2CCN(C(=O)OCC)CC2)ncn1. The molecule has 0 aliphatic carbocycles. The van der Waals surface area contributed by atoms with Gasteiger partial charge in [-0.2, -0.15) is 0 Å². The van der Waals surface area contributed by atoms with Crippen molar-refractivity contribution in [2.45, 2.75) is 26.7 Å². The first-order chi connectivity index (χ1) is 12.1. The molecule has 0 bridgehead atoms. The topological polar surface area (TPSA) is 78.9 Å². The van der Waals surface area contributed by atoms with E-state index in [1.165, 1.54) is 6.33 Å². The smallest absolute Gasteiger partial charge is 0.409 e. The van der Waals surface area contributed by atoms with Crippen molar-refractivity contribution in [1.82, 2.24) is 19.8 Å². The molecule has 0 radical (unpaired) electrons. The Hall–Kier alpha value is -2.38. The minimum atomic E-state index is -0.323. The van der Waals surface area contributed by atoms with Crippen LogP contribution in [0.25, 0.3) is 0 Å². The molecule has 25 heavy (non-hydrogen) atoms. The van der Waals surface area contributed by atoms with Crippen LogP contribution in [-0.4, -0.2) is 78.1 Å². The first-order valence-corrected chi connectivity index (χ1v) is 8.81. The summed E-state index contributed by atoms with van der Waals surface area (Å²) in [6.07, 6.45) is 3.28. The van der Waals surface area contributed by atoms with Crippen LogP contribution in [0.4, 0.5) is 10.6 Å². The van der Waals surface area contributed by atoms with Gasteiger partial charge in [-0.25, -0.2) is 14.8 Å². The number of aromatic nitrogens is 2. The number of rotatable bonds is 6. The van der Waals surface area contributed by atoms with E-state index < -0.39 is 0 Å². The van der Waals surface area contributed by atoms with E-state index in [-0.39, 0.29) is 12.0 Å². The molecule has 0 saturated carbocycles. The highest BCUT2D eigenvalue weighted by atomic mass is 16.6. The van der Waals surface area contributed by atoms with Gasteiger partial charge < -0.3 is 19.4 Å². The Morgan fingerprint density at radius 3 is 2.48 bits per heavy atom. The van der Waals surface area contributed by atoms with Crippen LogP contribution in [0.5, 0.6) is 0 Å². The zero-order valence-electron chi connectivity index (χ0n) is 15.3. The molecule has 1 saturated heterocycles. The van der Waals surface area contributed by atoms with Crippen LogP contribution in [-0.2, 0) is 4.74 Å². The predicted molar refractivity (Wildman–Crippen MR) is 94.7 cm³/mol. The minimum Gasteiger partial charge on any atom is -0.450 e. The van der Waals surface area contributed by atoms with Crippen molar-refractivity contribution in [1.29, 1.82) is 0 Å². The minimum absolute atomic E-state index is 0.129. The average molecular weight is 349 g/mol. The molecule has 0 aromatic carbocycles. The predicted octanol–water partition coefficient (Wildman–Crippen LogP) is 1.63. The Kier molecular flexibility index (Phi) is 6.97. The molecule has 0 N–H and O–H groups in total. The van der Waals surface area contributed by atoms with Crippen LogP contribution < -0.4 is 4.90 Å². The second kappa shape index (κ2) is 9.19. The molecule has 1 aromatic heterocycles. The number of hydrogen-bond donors (Lipinski definition) is 0. The van der Waals surface area contributed by atoms with Crippen molar-refractivity contribution in [3.8, 4) is 0 Å². The lowest BCUT2D eigenvalue weighted by molar-refractivity contribution is 0.0566. The second-order valence-electron chi connectivity index (χ2n) is 6.01. The van der Waals surface area contributed by atoms with Gasteiger partial charge in [-0.05, 0) is 13.3 Å². The van der Waals surface area contributed by atoms with Gasteiger partial charge in [0, 0.05) is 45.8 Å². The third-order valence-electron chi connectivity index (χ3n) is 4.20. The van der Waals surface area contributed by atoms with Gasteiger partial charge in [-0.1, -0.05) is 13.3 Å². The van der Waals surface area contributed by atoms with Crippen molar-refractivity contribution in [2.24, 2.45) is 0 Å². The molecule has 8 heteroatoms. The molecule has 8 nitrogen and oxygen atoms in total. The maximum absolute atomic E-state index is 12.7. The molecule has 1 aromatic rings. The van der Waals surface area contributed by atoms with Crippen molar-refractivity contribution >= 4 is 17.8 Å². The van der Waals surface area contributed by atoms with E-state index in [0.29, 0.717) is 38.5 Å². The van der Waals surface area contributed by atoms with Gasteiger partial charge in [0.05, 0.1) is 6.61 Å². The molecule has 2 rings (SSSR count). The number of unbranched alkanes of at least 4 members (excludes halogenated alkanes) is 1. The third-order valence-corrected chi connectivity index (χ3v) is 4.20. The summed E-state index contributed by atoms with van der Waals surface area (Å²) in [6.45, 7) is 7.05. The third kappa shape index (κ3) is 5.04. The van der Waals surface area contributed by atoms with Crippen LogP contribution in [0.3, 0.4) is 0 Å². The summed E-state index contributed by atoms with van der Waals surface area (Å²) in [5.41, 5.74) is 0.387. The van der Waals surface area contributed by atoms with E-state index in [0.717, 1.165) is 25.2 Å². The molecule has 2 heterocycles. The van der Waals surface area contributed by atoms with Crippen LogP contribution >= 0.6 is 0 Å². The monoisotopic (exact) mass is 349 g/mol. The number of nitrogens with zero attached hydrogens (tertiary/aromatic N) is 5. The number of hydrogen-bond acceptors (Lipinski definition) is 6. The molecular formula is C17H27N5O3. The van der Waals surface area contributed by atoms with Crippen molar-refractivity contribution in [3.05, 3.63) is 18.1 Å². The zero-order chi connectivity index (χ0) is 18.2. The van der Waals surface area contributed by atoms with E-state index >= 15 is 0 Å². The highest BCUT2D eigenvalue weighted by Crippen LogP contribution is 2.13. The van der Waals surface area contributed by atoms with Crippen LogP contribution in [0.15, 0.2) is 12.4 Å². The summed E-state index contributed by atoms with van der Waals surface area (Å²) >= 11 is 0. The molecule has 0 unspecified atom stereocenters. The van der Waals surface area contributed by atoms with E-state index in [4.69, 9.17) is 4.74 Å². The summed E-state index contributed by atoms with van der Waals surface area (Å²) in [6, 6.07) is 1.73. The molecule has 1 aliphatic rings. The van der Waals surface area contributed by atoms with Gasteiger partial charge in [0.2, 0.25) is 0 Å². The average Bonchev–Trinajstić information content (AvgIpc) is 2.66. The Balaban J connectivity index is 1.96. The highest BCUT2D eigenvalue weighted by Gasteiger charge is 2.26. The van der Waals surface area contributed by atoms with Gasteiger partial charge >= 0.3 is 6.09 Å². The van der Waals surface area contributed by atoms with Crippen LogP contribution in [0, 0.1) is 0 Å².